The zero-order chi connectivity index (χ0) is 28.3. The van der Waals surface area contributed by atoms with Crippen molar-refractivity contribution in [3.05, 3.63) is 82.1 Å². The van der Waals surface area contributed by atoms with E-state index in [0.29, 0.717) is 29.6 Å². The van der Waals surface area contributed by atoms with Gasteiger partial charge in [-0.05, 0) is 44.4 Å². The van der Waals surface area contributed by atoms with Gasteiger partial charge in [0, 0.05) is 43.5 Å². The SMILES string of the molecule is Cc1nnc(NC(=O)N(Cc2ccccc2)C2CCN(Cc3nc(-c4ccc(C(F)(F)F)cc4)[nH]c3C)CC2)s1. The fraction of sp³-hybridized carbons (Fsp3) is 0.357. The lowest BCUT2D eigenvalue weighted by Crippen LogP contribution is -2.48. The monoisotopic (exact) mass is 569 g/mol. The lowest BCUT2D eigenvalue weighted by molar-refractivity contribution is -0.137. The average Bonchev–Trinajstić information content (AvgIpc) is 3.52. The number of H-pyrrole nitrogens is 1. The Morgan fingerprint density at radius 2 is 1.77 bits per heavy atom. The number of aryl methyl sites for hydroxylation is 2. The number of carbonyl (C=O) groups excluding carboxylic acids is 1. The van der Waals surface area contributed by atoms with Crippen molar-refractivity contribution in [3.63, 3.8) is 0 Å². The van der Waals surface area contributed by atoms with E-state index in [0.717, 1.165) is 60.0 Å². The Balaban J connectivity index is 1.23. The van der Waals surface area contributed by atoms with E-state index in [1.165, 1.54) is 23.5 Å². The van der Waals surface area contributed by atoms with Crippen molar-refractivity contribution in [1.82, 2.24) is 30.0 Å². The molecule has 40 heavy (non-hydrogen) atoms. The van der Waals surface area contributed by atoms with Crippen LogP contribution in [0.1, 0.15) is 40.4 Å². The molecule has 1 fully saturated rings. The Morgan fingerprint density at radius 1 is 1.07 bits per heavy atom. The number of anilines is 1. The number of nitrogens with zero attached hydrogens (tertiary/aromatic N) is 5. The topological polar surface area (TPSA) is 90.0 Å². The molecule has 3 heterocycles. The van der Waals surface area contributed by atoms with Crippen LogP contribution in [0, 0.1) is 13.8 Å². The lowest BCUT2D eigenvalue weighted by Gasteiger charge is -2.38. The number of benzene rings is 2. The largest absolute Gasteiger partial charge is 0.416 e. The first-order valence-corrected chi connectivity index (χ1v) is 13.8. The molecule has 2 aromatic heterocycles. The maximum Gasteiger partial charge on any atom is 0.416 e. The van der Waals surface area contributed by atoms with E-state index in [1.54, 1.807) is 0 Å². The van der Waals surface area contributed by atoms with Crippen LogP contribution in [0.5, 0.6) is 0 Å². The van der Waals surface area contributed by atoms with Gasteiger partial charge in [-0.15, -0.1) is 10.2 Å². The zero-order valence-corrected chi connectivity index (χ0v) is 23.0. The van der Waals surface area contributed by atoms with Gasteiger partial charge in [-0.25, -0.2) is 9.78 Å². The number of carbonyl (C=O) groups is 1. The van der Waals surface area contributed by atoms with Gasteiger partial charge in [0.25, 0.3) is 0 Å². The number of hydrogen-bond acceptors (Lipinski definition) is 6. The van der Waals surface area contributed by atoms with Crippen molar-refractivity contribution in [2.75, 3.05) is 18.4 Å². The normalized spacial score (nSPS) is 14.8. The van der Waals surface area contributed by atoms with Crippen molar-refractivity contribution < 1.29 is 18.0 Å². The molecule has 0 saturated carbocycles. The van der Waals surface area contributed by atoms with Gasteiger partial charge in [-0.3, -0.25) is 10.2 Å². The molecule has 0 spiro atoms. The molecule has 0 radical (unpaired) electrons. The minimum absolute atomic E-state index is 0.0495. The number of nitrogens with one attached hydrogen (secondary N) is 2. The van der Waals surface area contributed by atoms with Crippen LogP contribution >= 0.6 is 11.3 Å². The Labute approximate surface area is 234 Å². The van der Waals surface area contributed by atoms with Gasteiger partial charge in [0.05, 0.1) is 11.3 Å². The molecule has 1 aliphatic heterocycles. The quantitative estimate of drug-likeness (QED) is 0.274. The molecule has 210 valence electrons. The summed E-state index contributed by atoms with van der Waals surface area (Å²) in [6.45, 7) is 6.43. The average molecular weight is 570 g/mol. The first-order chi connectivity index (χ1) is 19.2. The highest BCUT2D eigenvalue weighted by atomic mass is 32.1. The number of halogens is 3. The number of piperidine rings is 1. The number of rotatable bonds is 7. The van der Waals surface area contributed by atoms with Crippen LogP contribution in [0.3, 0.4) is 0 Å². The van der Waals surface area contributed by atoms with Crippen molar-refractivity contribution in [2.45, 2.75) is 52.0 Å². The van der Waals surface area contributed by atoms with E-state index < -0.39 is 11.7 Å². The number of aromatic amines is 1. The molecule has 8 nitrogen and oxygen atoms in total. The number of urea groups is 1. The maximum absolute atomic E-state index is 13.3. The van der Waals surface area contributed by atoms with Gasteiger partial charge in [0.1, 0.15) is 10.8 Å². The summed E-state index contributed by atoms with van der Waals surface area (Å²) < 4.78 is 38.8. The van der Waals surface area contributed by atoms with Gasteiger partial charge in [0.2, 0.25) is 5.13 Å². The molecule has 2 N–H and O–H groups in total. The fourth-order valence-corrected chi connectivity index (χ4v) is 5.44. The van der Waals surface area contributed by atoms with E-state index in [-0.39, 0.29) is 12.1 Å². The van der Waals surface area contributed by atoms with Crippen LogP contribution in [0.4, 0.5) is 23.1 Å². The first-order valence-electron chi connectivity index (χ1n) is 13.0. The molecule has 0 unspecified atom stereocenters. The van der Waals surface area contributed by atoms with Crippen LogP contribution in [-0.4, -0.2) is 55.1 Å². The molecule has 0 bridgehead atoms. The standard InChI is InChI=1S/C28H30F3N7OS/c1-18-24(33-25(32-18)21-8-10-22(11-9-21)28(29,30)31)17-37-14-12-23(13-15-37)38(16-20-6-4-3-5-7-20)27(39)34-26-36-35-19(2)40-26/h3-11,23H,12-17H2,1-2H3,(H,32,33)(H,34,36,39). The molecule has 1 saturated heterocycles. The van der Waals surface area contributed by atoms with Crippen LogP contribution in [0.15, 0.2) is 54.6 Å². The van der Waals surface area contributed by atoms with Gasteiger partial charge >= 0.3 is 12.2 Å². The number of aromatic nitrogens is 4. The Kier molecular flexibility index (Phi) is 8.17. The third kappa shape index (κ3) is 6.68. The summed E-state index contributed by atoms with van der Waals surface area (Å²) in [4.78, 5) is 25.4. The molecule has 0 aliphatic carbocycles. The smallest absolute Gasteiger partial charge is 0.342 e. The summed E-state index contributed by atoms with van der Waals surface area (Å²) in [5.41, 5.74) is 2.72. The molecule has 1 aliphatic rings. The van der Waals surface area contributed by atoms with E-state index >= 15 is 0 Å². The number of imidazole rings is 1. The molecule has 5 rings (SSSR count). The highest BCUT2D eigenvalue weighted by Gasteiger charge is 2.31. The highest BCUT2D eigenvalue weighted by Crippen LogP contribution is 2.31. The molecular formula is C28H30F3N7OS. The maximum atomic E-state index is 13.3. The van der Waals surface area contributed by atoms with Crippen molar-refractivity contribution in [3.8, 4) is 11.4 Å². The third-order valence-corrected chi connectivity index (χ3v) is 7.79. The molecule has 12 heteroatoms. The van der Waals surface area contributed by atoms with Crippen molar-refractivity contribution in [1.29, 1.82) is 0 Å². The van der Waals surface area contributed by atoms with Gasteiger partial charge in [-0.1, -0.05) is 53.8 Å². The summed E-state index contributed by atoms with van der Waals surface area (Å²) in [5.74, 6) is 0.550. The Hall–Kier alpha value is -3.77. The van der Waals surface area contributed by atoms with Crippen LogP contribution in [0.2, 0.25) is 0 Å². The minimum atomic E-state index is -4.37. The van der Waals surface area contributed by atoms with Crippen LogP contribution in [-0.2, 0) is 19.3 Å². The summed E-state index contributed by atoms with van der Waals surface area (Å²) in [7, 11) is 0. The van der Waals surface area contributed by atoms with Crippen LogP contribution < -0.4 is 5.32 Å². The predicted octanol–water partition coefficient (Wildman–Crippen LogP) is 6.26. The van der Waals surface area contributed by atoms with Gasteiger partial charge < -0.3 is 9.88 Å². The predicted molar refractivity (Wildman–Crippen MR) is 148 cm³/mol. The molecule has 2 aromatic carbocycles. The minimum Gasteiger partial charge on any atom is -0.342 e. The third-order valence-electron chi connectivity index (χ3n) is 7.04. The Bertz CT molecular complexity index is 1430. The number of hydrogen-bond donors (Lipinski definition) is 2. The van der Waals surface area contributed by atoms with E-state index in [1.807, 2.05) is 49.1 Å². The fourth-order valence-electron chi connectivity index (χ4n) is 4.86. The number of amides is 2. The summed E-state index contributed by atoms with van der Waals surface area (Å²) in [5, 5.41) is 12.2. The highest BCUT2D eigenvalue weighted by molar-refractivity contribution is 7.15. The summed E-state index contributed by atoms with van der Waals surface area (Å²) in [6, 6.07) is 14.8. The van der Waals surface area contributed by atoms with Crippen molar-refractivity contribution >= 4 is 22.5 Å². The van der Waals surface area contributed by atoms with Crippen LogP contribution in [0.25, 0.3) is 11.4 Å². The molecule has 0 atom stereocenters. The summed E-state index contributed by atoms with van der Waals surface area (Å²) in [6.07, 6.45) is -2.78. The number of alkyl halides is 3. The van der Waals surface area contributed by atoms with E-state index in [2.05, 4.69) is 30.4 Å². The van der Waals surface area contributed by atoms with E-state index in [9.17, 15) is 18.0 Å². The van der Waals surface area contributed by atoms with E-state index in [4.69, 9.17) is 0 Å². The second-order valence-electron chi connectivity index (χ2n) is 9.91. The zero-order valence-electron chi connectivity index (χ0n) is 22.2. The number of likely N-dealkylation sites (tertiary alicyclic amines) is 1. The second kappa shape index (κ2) is 11.8. The first kappa shape index (κ1) is 27.8. The summed E-state index contributed by atoms with van der Waals surface area (Å²) >= 11 is 1.34. The lowest BCUT2D eigenvalue weighted by atomic mass is 10.0. The van der Waals surface area contributed by atoms with Crippen molar-refractivity contribution in [2.24, 2.45) is 0 Å². The Morgan fingerprint density at radius 3 is 2.40 bits per heavy atom. The molecule has 2 amide bonds. The molecular weight excluding hydrogens is 539 g/mol. The van der Waals surface area contributed by atoms with Gasteiger partial charge in [-0.2, -0.15) is 13.2 Å². The van der Waals surface area contributed by atoms with Gasteiger partial charge in [0.15, 0.2) is 0 Å². The molecule has 4 aromatic rings. The second-order valence-corrected chi connectivity index (χ2v) is 11.1.